The lowest BCUT2D eigenvalue weighted by atomic mass is 9.80. The van der Waals surface area contributed by atoms with Gasteiger partial charge in [-0.25, -0.2) is 0 Å². The molecule has 1 saturated carbocycles. The van der Waals surface area contributed by atoms with Gasteiger partial charge in [-0.1, -0.05) is 12.2 Å². The maximum absolute atomic E-state index is 11.7. The molecule has 0 unspecified atom stereocenters. The minimum absolute atomic E-state index is 0.0509. The molecule has 0 aromatic rings. The van der Waals surface area contributed by atoms with Crippen LogP contribution in [-0.4, -0.2) is 18.9 Å². The molecule has 0 aromatic carbocycles. The van der Waals surface area contributed by atoms with Gasteiger partial charge < -0.3 is 9.47 Å². The van der Waals surface area contributed by atoms with E-state index in [9.17, 15) is 4.79 Å². The Morgan fingerprint density at radius 1 is 1.50 bits per heavy atom. The van der Waals surface area contributed by atoms with E-state index in [4.69, 9.17) is 9.47 Å². The van der Waals surface area contributed by atoms with Gasteiger partial charge >= 0.3 is 5.97 Å². The third-order valence-electron chi connectivity index (χ3n) is 4.05. The van der Waals surface area contributed by atoms with E-state index in [-0.39, 0.29) is 17.8 Å². The van der Waals surface area contributed by atoms with E-state index in [1.165, 1.54) is 0 Å². The fraction of sp³-hybridized carbons (Fsp3) is 0.727. The lowest BCUT2D eigenvalue weighted by Gasteiger charge is -2.30. The van der Waals surface area contributed by atoms with Gasteiger partial charge in [0.15, 0.2) is 0 Å². The number of fused-ring (bicyclic) bond motifs is 5. The van der Waals surface area contributed by atoms with Crippen LogP contribution in [0.15, 0.2) is 12.2 Å². The number of cyclic esters (lactones) is 1. The number of hydrogen-bond donors (Lipinski definition) is 0. The van der Waals surface area contributed by atoms with Crippen LogP contribution in [0.5, 0.6) is 0 Å². The van der Waals surface area contributed by atoms with Crippen LogP contribution in [0.25, 0.3) is 0 Å². The Kier molecular flexibility index (Phi) is 1.45. The monoisotopic (exact) mass is 194 g/mol. The van der Waals surface area contributed by atoms with Crippen molar-refractivity contribution in [2.24, 2.45) is 23.7 Å². The molecule has 0 spiro atoms. The molecular weight excluding hydrogens is 180 g/mol. The zero-order valence-electron chi connectivity index (χ0n) is 8.40. The predicted molar refractivity (Wildman–Crippen MR) is 49.2 cm³/mol. The number of allylic oxidation sites excluding steroid dienone is 2. The van der Waals surface area contributed by atoms with Crippen LogP contribution in [0.2, 0.25) is 0 Å². The molecule has 1 saturated heterocycles. The first-order chi connectivity index (χ1) is 6.65. The molecule has 0 radical (unpaired) electrons. The first-order valence-corrected chi connectivity index (χ1v) is 5.12. The van der Waals surface area contributed by atoms with Crippen LogP contribution < -0.4 is 0 Å². The summed E-state index contributed by atoms with van der Waals surface area (Å²) in [5.74, 6) is 0.392. The number of esters is 1. The average molecular weight is 194 g/mol. The summed E-state index contributed by atoms with van der Waals surface area (Å²) in [7, 11) is 1.62. The highest BCUT2D eigenvalue weighted by molar-refractivity contribution is 5.77. The molecule has 2 aliphatic carbocycles. The largest absolute Gasteiger partial charge is 0.433 e. The van der Waals surface area contributed by atoms with Gasteiger partial charge in [-0.15, -0.1) is 0 Å². The lowest BCUT2D eigenvalue weighted by molar-refractivity contribution is -0.209. The SMILES string of the molecule is CO[C@]1(C)OC(=O)[C@@H]2[C@H]1[C@H]1C=C[C@@H]2C1. The van der Waals surface area contributed by atoms with Crippen molar-refractivity contribution in [2.75, 3.05) is 7.11 Å². The second-order valence-electron chi connectivity index (χ2n) is 4.64. The average Bonchev–Trinajstić information content (AvgIpc) is 2.80. The molecule has 1 aliphatic heterocycles. The van der Waals surface area contributed by atoms with E-state index in [2.05, 4.69) is 12.2 Å². The normalized spacial score (nSPS) is 53.7. The van der Waals surface area contributed by atoms with Crippen LogP contribution in [0.1, 0.15) is 13.3 Å². The zero-order valence-corrected chi connectivity index (χ0v) is 8.40. The van der Waals surface area contributed by atoms with Crippen LogP contribution in [0.4, 0.5) is 0 Å². The van der Waals surface area contributed by atoms with E-state index in [0.717, 1.165) is 6.42 Å². The van der Waals surface area contributed by atoms with Crippen LogP contribution >= 0.6 is 0 Å². The van der Waals surface area contributed by atoms with E-state index >= 15 is 0 Å². The molecule has 2 fully saturated rings. The summed E-state index contributed by atoms with van der Waals surface area (Å²) < 4.78 is 10.7. The molecule has 2 bridgehead atoms. The lowest BCUT2D eigenvalue weighted by Crippen LogP contribution is -2.37. The molecule has 3 nitrogen and oxygen atoms in total. The van der Waals surface area contributed by atoms with Gasteiger partial charge in [-0.2, -0.15) is 0 Å². The highest BCUT2D eigenvalue weighted by atomic mass is 16.7. The Labute approximate surface area is 83.1 Å². The maximum atomic E-state index is 11.7. The molecule has 76 valence electrons. The Bertz CT molecular complexity index is 322. The minimum atomic E-state index is -0.689. The maximum Gasteiger partial charge on any atom is 0.312 e. The van der Waals surface area contributed by atoms with Crippen molar-refractivity contribution < 1.29 is 14.3 Å². The summed E-state index contributed by atoms with van der Waals surface area (Å²) in [5.41, 5.74) is 0. The highest BCUT2D eigenvalue weighted by Gasteiger charge is 2.63. The second kappa shape index (κ2) is 2.40. The minimum Gasteiger partial charge on any atom is -0.433 e. The summed E-state index contributed by atoms with van der Waals surface area (Å²) in [4.78, 5) is 11.7. The summed E-state index contributed by atoms with van der Waals surface area (Å²) in [6, 6.07) is 0. The van der Waals surface area contributed by atoms with E-state index in [1.807, 2.05) is 6.92 Å². The van der Waals surface area contributed by atoms with Crippen molar-refractivity contribution in [3.8, 4) is 0 Å². The van der Waals surface area contributed by atoms with Gasteiger partial charge in [-0.3, -0.25) is 4.79 Å². The first kappa shape index (κ1) is 8.48. The van der Waals surface area contributed by atoms with Gasteiger partial charge in [0.05, 0.1) is 5.92 Å². The third kappa shape index (κ3) is 0.793. The zero-order chi connectivity index (χ0) is 9.92. The number of methoxy groups -OCH3 is 1. The van der Waals surface area contributed by atoms with E-state index in [1.54, 1.807) is 7.11 Å². The molecular formula is C11H14O3. The standard InChI is InChI=1S/C11H14O3/c1-11(13-2)9-7-4-3-6(5-7)8(9)10(12)14-11/h3-4,6-9H,5H2,1-2H3/t6-,7+,8+,9-,11-/m1/s1. The van der Waals surface area contributed by atoms with Crippen LogP contribution in [0.3, 0.4) is 0 Å². The summed E-state index contributed by atoms with van der Waals surface area (Å²) in [5, 5.41) is 0. The summed E-state index contributed by atoms with van der Waals surface area (Å²) in [6.45, 7) is 1.88. The van der Waals surface area contributed by atoms with Crippen molar-refractivity contribution in [1.29, 1.82) is 0 Å². The smallest absolute Gasteiger partial charge is 0.312 e. The number of ether oxygens (including phenoxy) is 2. The predicted octanol–water partition coefficient (Wildman–Crippen LogP) is 1.34. The van der Waals surface area contributed by atoms with Crippen molar-refractivity contribution in [3.63, 3.8) is 0 Å². The molecule has 3 heteroatoms. The summed E-state index contributed by atoms with van der Waals surface area (Å²) in [6.07, 6.45) is 5.48. The number of carbonyl (C=O) groups excluding carboxylic acids is 1. The molecule has 0 amide bonds. The van der Waals surface area contributed by atoms with Gasteiger partial charge in [0.2, 0.25) is 5.79 Å². The number of carbonyl (C=O) groups is 1. The molecule has 0 aromatic heterocycles. The van der Waals surface area contributed by atoms with Gasteiger partial charge in [-0.05, 0) is 18.3 Å². The van der Waals surface area contributed by atoms with Crippen LogP contribution in [-0.2, 0) is 14.3 Å². The van der Waals surface area contributed by atoms with Crippen molar-refractivity contribution >= 4 is 5.97 Å². The summed E-state index contributed by atoms with van der Waals surface area (Å²) >= 11 is 0. The first-order valence-electron chi connectivity index (χ1n) is 5.12. The van der Waals surface area contributed by atoms with Crippen LogP contribution in [0, 0.1) is 23.7 Å². The van der Waals surface area contributed by atoms with E-state index in [0.29, 0.717) is 11.8 Å². The Morgan fingerprint density at radius 3 is 2.93 bits per heavy atom. The van der Waals surface area contributed by atoms with E-state index < -0.39 is 5.79 Å². The third-order valence-corrected chi connectivity index (χ3v) is 4.05. The fourth-order valence-electron chi connectivity index (χ4n) is 3.37. The molecule has 5 atom stereocenters. The topological polar surface area (TPSA) is 35.5 Å². The van der Waals surface area contributed by atoms with Crippen molar-refractivity contribution in [3.05, 3.63) is 12.2 Å². The molecule has 14 heavy (non-hydrogen) atoms. The molecule has 1 heterocycles. The van der Waals surface area contributed by atoms with Gasteiger partial charge in [0, 0.05) is 20.0 Å². The Balaban J connectivity index is 2.03. The quantitative estimate of drug-likeness (QED) is 0.467. The number of rotatable bonds is 1. The fourth-order valence-corrected chi connectivity index (χ4v) is 3.37. The van der Waals surface area contributed by atoms with Gasteiger partial charge in [0.1, 0.15) is 0 Å². The number of hydrogen-bond acceptors (Lipinski definition) is 3. The van der Waals surface area contributed by atoms with Crippen molar-refractivity contribution in [1.82, 2.24) is 0 Å². The molecule has 3 rings (SSSR count). The Morgan fingerprint density at radius 2 is 2.21 bits per heavy atom. The van der Waals surface area contributed by atoms with Crippen molar-refractivity contribution in [2.45, 2.75) is 19.1 Å². The molecule has 0 N–H and O–H groups in total. The highest BCUT2D eigenvalue weighted by Crippen LogP contribution is 2.57. The molecule has 3 aliphatic rings. The van der Waals surface area contributed by atoms with Gasteiger partial charge in [0.25, 0.3) is 0 Å². The second-order valence-corrected chi connectivity index (χ2v) is 4.64. The Hall–Kier alpha value is -0.830.